The van der Waals surface area contributed by atoms with E-state index in [0.717, 1.165) is 25.7 Å². The van der Waals surface area contributed by atoms with Crippen LogP contribution >= 0.6 is 0 Å². The molecule has 0 aromatic heterocycles. The van der Waals surface area contributed by atoms with Crippen LogP contribution in [0.3, 0.4) is 0 Å². The van der Waals surface area contributed by atoms with Crippen molar-refractivity contribution in [2.24, 2.45) is 11.7 Å². The first-order chi connectivity index (χ1) is 5.63. The smallest absolute Gasteiger partial charge is 0.320 e. The van der Waals surface area contributed by atoms with Gasteiger partial charge in [0, 0.05) is 0 Å². The van der Waals surface area contributed by atoms with Crippen LogP contribution in [0.15, 0.2) is 0 Å². The third-order valence-electron chi connectivity index (χ3n) is 2.25. The van der Waals surface area contributed by atoms with Gasteiger partial charge in [-0.25, -0.2) is 0 Å². The van der Waals surface area contributed by atoms with Gasteiger partial charge in [0.2, 0.25) is 0 Å². The second-order valence-corrected chi connectivity index (χ2v) is 3.17. The van der Waals surface area contributed by atoms with Crippen LogP contribution in [0.5, 0.6) is 0 Å². The highest BCUT2D eigenvalue weighted by Gasteiger charge is 2.21. The molecular formula is C9H19NO2. The maximum Gasteiger partial charge on any atom is 0.320 e. The molecule has 0 rings (SSSR count). The highest BCUT2D eigenvalue weighted by Crippen LogP contribution is 2.15. The van der Waals surface area contributed by atoms with E-state index in [1.54, 1.807) is 0 Å². The van der Waals surface area contributed by atoms with Crippen LogP contribution in [0.4, 0.5) is 0 Å². The Morgan fingerprint density at radius 3 is 2.42 bits per heavy atom. The standard InChI is InChI=1S/C9H19NO2/c1-3-5-6-7(4-2)8(10)9(11)12/h7-8H,3-6,10H2,1-2H3,(H,11,12)/t7?,8-/m0/s1. The summed E-state index contributed by atoms with van der Waals surface area (Å²) in [5.41, 5.74) is 5.51. The summed E-state index contributed by atoms with van der Waals surface area (Å²) in [6, 6.07) is -0.679. The molecule has 0 fully saturated rings. The Kier molecular flexibility index (Phi) is 5.72. The minimum Gasteiger partial charge on any atom is -0.480 e. The Morgan fingerprint density at radius 1 is 1.50 bits per heavy atom. The molecule has 0 aromatic carbocycles. The van der Waals surface area contributed by atoms with Crippen molar-refractivity contribution in [2.45, 2.75) is 45.6 Å². The number of carboxylic acids is 1. The van der Waals surface area contributed by atoms with E-state index in [4.69, 9.17) is 10.8 Å². The zero-order valence-corrected chi connectivity index (χ0v) is 7.92. The topological polar surface area (TPSA) is 63.3 Å². The second kappa shape index (κ2) is 6.00. The summed E-state index contributed by atoms with van der Waals surface area (Å²) in [6.45, 7) is 4.09. The van der Waals surface area contributed by atoms with Gasteiger partial charge in [-0.3, -0.25) is 4.79 Å². The molecule has 2 atom stereocenters. The van der Waals surface area contributed by atoms with E-state index in [1.165, 1.54) is 0 Å². The van der Waals surface area contributed by atoms with Crippen molar-refractivity contribution in [3.63, 3.8) is 0 Å². The monoisotopic (exact) mass is 173 g/mol. The molecule has 0 aliphatic heterocycles. The van der Waals surface area contributed by atoms with Gasteiger partial charge < -0.3 is 10.8 Å². The molecule has 3 N–H and O–H groups in total. The zero-order chi connectivity index (χ0) is 9.56. The van der Waals surface area contributed by atoms with Gasteiger partial charge in [0.05, 0.1) is 0 Å². The Labute approximate surface area is 74.0 Å². The molecule has 3 heteroatoms. The van der Waals surface area contributed by atoms with Gasteiger partial charge in [-0.1, -0.05) is 33.1 Å². The lowest BCUT2D eigenvalue weighted by molar-refractivity contribution is -0.140. The molecule has 3 nitrogen and oxygen atoms in total. The summed E-state index contributed by atoms with van der Waals surface area (Å²) in [5, 5.41) is 8.66. The first-order valence-corrected chi connectivity index (χ1v) is 4.61. The van der Waals surface area contributed by atoms with E-state index in [0.29, 0.717) is 0 Å². The van der Waals surface area contributed by atoms with E-state index in [1.807, 2.05) is 6.92 Å². The number of hydrogen-bond acceptors (Lipinski definition) is 2. The molecule has 0 saturated carbocycles. The molecule has 0 bridgehead atoms. The SMILES string of the molecule is CCCCC(CC)[C@H](N)C(=O)O. The van der Waals surface area contributed by atoms with Crippen molar-refractivity contribution in [1.29, 1.82) is 0 Å². The fourth-order valence-electron chi connectivity index (χ4n) is 1.31. The van der Waals surface area contributed by atoms with Crippen LogP contribution in [0, 0.1) is 5.92 Å². The zero-order valence-electron chi connectivity index (χ0n) is 7.92. The van der Waals surface area contributed by atoms with Crippen LogP contribution in [-0.4, -0.2) is 17.1 Å². The van der Waals surface area contributed by atoms with Gasteiger partial charge >= 0.3 is 5.97 Å². The van der Waals surface area contributed by atoms with Crippen LogP contribution < -0.4 is 5.73 Å². The molecule has 0 saturated heterocycles. The molecule has 0 spiro atoms. The summed E-state index contributed by atoms with van der Waals surface area (Å²) in [4.78, 5) is 10.5. The number of aliphatic carboxylic acids is 1. The van der Waals surface area contributed by atoms with Crippen molar-refractivity contribution in [3.8, 4) is 0 Å². The van der Waals surface area contributed by atoms with Gasteiger partial charge in [-0.15, -0.1) is 0 Å². The van der Waals surface area contributed by atoms with Gasteiger partial charge in [-0.05, 0) is 12.3 Å². The largest absolute Gasteiger partial charge is 0.480 e. The van der Waals surface area contributed by atoms with E-state index in [9.17, 15) is 4.79 Å². The predicted molar refractivity (Wildman–Crippen MR) is 48.9 cm³/mol. The average molecular weight is 173 g/mol. The maximum absolute atomic E-state index is 10.5. The number of carboxylic acid groups (broad SMARTS) is 1. The number of hydrogen-bond donors (Lipinski definition) is 2. The Morgan fingerprint density at radius 2 is 2.08 bits per heavy atom. The molecule has 1 unspecified atom stereocenters. The fraction of sp³-hybridized carbons (Fsp3) is 0.889. The van der Waals surface area contributed by atoms with E-state index in [2.05, 4.69) is 6.92 Å². The molecule has 72 valence electrons. The van der Waals surface area contributed by atoms with Crippen LogP contribution in [0.1, 0.15) is 39.5 Å². The fourth-order valence-corrected chi connectivity index (χ4v) is 1.31. The highest BCUT2D eigenvalue weighted by molar-refractivity contribution is 5.73. The molecule has 0 heterocycles. The number of unbranched alkanes of at least 4 members (excludes halogenated alkanes) is 1. The number of carbonyl (C=O) groups is 1. The third-order valence-corrected chi connectivity index (χ3v) is 2.25. The van der Waals surface area contributed by atoms with Gasteiger partial charge in [0.25, 0.3) is 0 Å². The van der Waals surface area contributed by atoms with Gasteiger partial charge in [-0.2, -0.15) is 0 Å². The Balaban J connectivity index is 3.87. The lowest BCUT2D eigenvalue weighted by Crippen LogP contribution is -2.37. The van der Waals surface area contributed by atoms with Crippen LogP contribution in [-0.2, 0) is 4.79 Å². The van der Waals surface area contributed by atoms with Crippen molar-refractivity contribution in [2.75, 3.05) is 0 Å². The van der Waals surface area contributed by atoms with E-state index in [-0.39, 0.29) is 5.92 Å². The molecule has 0 radical (unpaired) electrons. The summed E-state index contributed by atoms with van der Waals surface area (Å²) in [6.07, 6.45) is 3.95. The first kappa shape index (κ1) is 11.4. The molecule has 0 amide bonds. The molecule has 0 aliphatic carbocycles. The van der Waals surface area contributed by atoms with Crippen molar-refractivity contribution < 1.29 is 9.90 Å². The number of rotatable bonds is 6. The predicted octanol–water partition coefficient (Wildman–Crippen LogP) is 1.61. The Hall–Kier alpha value is -0.570. The van der Waals surface area contributed by atoms with E-state index < -0.39 is 12.0 Å². The molecule has 0 aliphatic rings. The van der Waals surface area contributed by atoms with Crippen molar-refractivity contribution in [3.05, 3.63) is 0 Å². The lowest BCUT2D eigenvalue weighted by atomic mass is 9.92. The second-order valence-electron chi connectivity index (χ2n) is 3.17. The summed E-state index contributed by atoms with van der Waals surface area (Å²) < 4.78 is 0. The van der Waals surface area contributed by atoms with Crippen molar-refractivity contribution >= 4 is 5.97 Å². The summed E-state index contributed by atoms with van der Waals surface area (Å²) in [5.74, 6) is -0.736. The lowest BCUT2D eigenvalue weighted by Gasteiger charge is -2.18. The summed E-state index contributed by atoms with van der Waals surface area (Å²) >= 11 is 0. The molecule has 0 aromatic rings. The minimum atomic E-state index is -0.877. The normalized spacial score (nSPS) is 15.6. The maximum atomic E-state index is 10.5. The average Bonchev–Trinajstić information content (AvgIpc) is 2.05. The van der Waals surface area contributed by atoms with Crippen LogP contribution in [0.25, 0.3) is 0 Å². The molecule has 12 heavy (non-hydrogen) atoms. The van der Waals surface area contributed by atoms with Crippen LogP contribution in [0.2, 0.25) is 0 Å². The van der Waals surface area contributed by atoms with Gasteiger partial charge in [0.1, 0.15) is 6.04 Å². The third kappa shape index (κ3) is 3.72. The van der Waals surface area contributed by atoms with E-state index >= 15 is 0 Å². The summed E-state index contributed by atoms with van der Waals surface area (Å²) in [7, 11) is 0. The minimum absolute atomic E-state index is 0.141. The molecular weight excluding hydrogens is 154 g/mol. The van der Waals surface area contributed by atoms with Gasteiger partial charge in [0.15, 0.2) is 0 Å². The number of nitrogens with two attached hydrogens (primary N) is 1. The highest BCUT2D eigenvalue weighted by atomic mass is 16.4. The Bertz CT molecular complexity index is 136. The quantitative estimate of drug-likeness (QED) is 0.641. The van der Waals surface area contributed by atoms with Crippen molar-refractivity contribution in [1.82, 2.24) is 0 Å². The first-order valence-electron chi connectivity index (χ1n) is 4.61.